The van der Waals surface area contributed by atoms with Crippen molar-refractivity contribution in [2.45, 2.75) is 112 Å². The zero-order valence-corrected chi connectivity index (χ0v) is 23.7. The van der Waals surface area contributed by atoms with Crippen molar-refractivity contribution in [1.29, 1.82) is 0 Å². The molecular weight excluding hydrogens is 448 g/mol. The highest BCUT2D eigenvalue weighted by Crippen LogP contribution is 2.75. The molecule has 0 unspecified atom stereocenters. The van der Waals surface area contributed by atoms with Gasteiger partial charge >= 0.3 is 11.9 Å². The second-order valence-corrected chi connectivity index (χ2v) is 14.9. The molecule has 0 saturated heterocycles. The predicted octanol–water partition coefficient (Wildman–Crippen LogP) is 7.58. The zero-order chi connectivity index (χ0) is 26.5. The first-order valence-electron chi connectivity index (χ1n) is 14.4. The molecule has 0 heterocycles. The van der Waals surface area contributed by atoms with Crippen molar-refractivity contribution < 1.29 is 19.4 Å². The van der Waals surface area contributed by atoms with E-state index in [1.165, 1.54) is 18.9 Å². The molecule has 5 aliphatic carbocycles. The summed E-state index contributed by atoms with van der Waals surface area (Å²) < 4.78 is 5.77. The highest BCUT2D eigenvalue weighted by molar-refractivity contribution is 5.80. The molecule has 200 valence electrons. The van der Waals surface area contributed by atoms with Crippen molar-refractivity contribution >= 4 is 11.9 Å². The van der Waals surface area contributed by atoms with Crippen molar-refractivity contribution in [2.24, 2.45) is 50.7 Å². The van der Waals surface area contributed by atoms with Gasteiger partial charge in [0.05, 0.1) is 5.41 Å². The Balaban J connectivity index is 1.55. The summed E-state index contributed by atoms with van der Waals surface area (Å²) in [6.45, 7) is 20.4. The van der Waals surface area contributed by atoms with Gasteiger partial charge in [0.25, 0.3) is 0 Å². The van der Waals surface area contributed by atoms with E-state index >= 15 is 0 Å². The molecule has 0 aliphatic heterocycles. The van der Waals surface area contributed by atoms with Crippen LogP contribution in [0.3, 0.4) is 0 Å². The molecule has 0 bridgehead atoms. The molecule has 4 fully saturated rings. The molecular formula is C32H48O4. The Morgan fingerprint density at radius 3 is 2.39 bits per heavy atom. The van der Waals surface area contributed by atoms with Crippen molar-refractivity contribution in [3.63, 3.8) is 0 Å². The Bertz CT molecular complexity index is 1020. The number of carboxylic acids is 1. The fourth-order valence-corrected chi connectivity index (χ4v) is 10.8. The van der Waals surface area contributed by atoms with E-state index in [2.05, 4.69) is 54.2 Å². The van der Waals surface area contributed by atoms with Crippen molar-refractivity contribution in [1.82, 2.24) is 0 Å². The van der Waals surface area contributed by atoms with Gasteiger partial charge in [-0.05, 0) is 97.2 Å². The minimum Gasteiger partial charge on any atom is -0.481 e. The average molecular weight is 497 g/mol. The third-order valence-electron chi connectivity index (χ3n) is 12.8. The molecule has 5 aliphatic rings. The number of carbonyl (C=O) groups is 2. The summed E-state index contributed by atoms with van der Waals surface area (Å²) in [4.78, 5) is 24.7. The Labute approximate surface area is 218 Å². The lowest BCUT2D eigenvalue weighted by molar-refractivity contribution is -0.190. The molecule has 4 heteroatoms. The van der Waals surface area contributed by atoms with E-state index < -0.39 is 11.4 Å². The second kappa shape index (κ2) is 7.96. The summed E-state index contributed by atoms with van der Waals surface area (Å²) in [5.41, 5.74) is 2.02. The Kier molecular flexibility index (Phi) is 5.76. The number of fused-ring (bicyclic) bond motifs is 7. The monoisotopic (exact) mass is 496 g/mol. The minimum absolute atomic E-state index is 0.0111. The summed E-state index contributed by atoms with van der Waals surface area (Å²) in [7, 11) is 0. The van der Waals surface area contributed by atoms with Crippen molar-refractivity contribution in [3.05, 3.63) is 23.8 Å². The number of allylic oxidation sites excluding steroid dienone is 2. The van der Waals surface area contributed by atoms with Gasteiger partial charge in [-0.1, -0.05) is 65.3 Å². The van der Waals surface area contributed by atoms with Gasteiger partial charge in [0.2, 0.25) is 0 Å². The van der Waals surface area contributed by atoms with Gasteiger partial charge in [-0.2, -0.15) is 0 Å². The first kappa shape index (κ1) is 26.0. The lowest BCUT2D eigenvalue weighted by Crippen LogP contribution is -2.64. The number of aliphatic carboxylic acids is 1. The van der Waals surface area contributed by atoms with Gasteiger partial charge in [0.15, 0.2) is 0 Å². The highest BCUT2D eigenvalue weighted by Gasteiger charge is 2.69. The van der Waals surface area contributed by atoms with Gasteiger partial charge in [-0.25, -0.2) is 0 Å². The molecule has 4 saturated carbocycles. The lowest BCUT2D eigenvalue weighted by atomic mass is 9.34. The maximum atomic E-state index is 12.9. The van der Waals surface area contributed by atoms with E-state index in [1.54, 1.807) is 0 Å². The fourth-order valence-electron chi connectivity index (χ4n) is 10.8. The van der Waals surface area contributed by atoms with Crippen LogP contribution in [0.15, 0.2) is 23.8 Å². The van der Waals surface area contributed by atoms with Crippen LogP contribution < -0.4 is 0 Å². The quantitative estimate of drug-likeness (QED) is 0.316. The van der Waals surface area contributed by atoms with Crippen LogP contribution >= 0.6 is 0 Å². The summed E-state index contributed by atoms with van der Waals surface area (Å²) in [5.74, 6) is 0.736. The van der Waals surface area contributed by atoms with Crippen LogP contribution in [-0.2, 0) is 14.3 Å². The maximum absolute atomic E-state index is 12.9. The number of rotatable bonds is 2. The normalized spacial score (nSPS) is 49.5. The first-order chi connectivity index (χ1) is 16.6. The topological polar surface area (TPSA) is 63.6 Å². The van der Waals surface area contributed by atoms with Gasteiger partial charge in [-0.15, -0.1) is 0 Å². The number of carboxylic acid groups (broad SMARTS) is 1. The van der Waals surface area contributed by atoms with Crippen LogP contribution in [0.2, 0.25) is 0 Å². The number of carbonyl (C=O) groups excluding carboxylic acids is 1. The summed E-state index contributed by atoms with van der Waals surface area (Å²) in [5, 5.41) is 10.6. The number of esters is 1. The molecule has 0 radical (unpaired) electrons. The van der Waals surface area contributed by atoms with Gasteiger partial charge in [-0.3, -0.25) is 9.59 Å². The van der Waals surface area contributed by atoms with Crippen LogP contribution in [0.4, 0.5) is 0 Å². The summed E-state index contributed by atoms with van der Waals surface area (Å²) in [6, 6.07) is 0. The number of hydrogen-bond donors (Lipinski definition) is 1. The Morgan fingerprint density at radius 2 is 1.75 bits per heavy atom. The van der Waals surface area contributed by atoms with E-state index in [1.807, 2.05) is 0 Å². The van der Waals surface area contributed by atoms with Crippen LogP contribution in [0.1, 0.15) is 106 Å². The molecule has 36 heavy (non-hydrogen) atoms. The third kappa shape index (κ3) is 3.24. The lowest BCUT2D eigenvalue weighted by Gasteiger charge is -2.70. The van der Waals surface area contributed by atoms with Crippen LogP contribution in [-0.4, -0.2) is 23.1 Å². The molecule has 0 spiro atoms. The van der Waals surface area contributed by atoms with Crippen molar-refractivity contribution in [3.8, 4) is 0 Å². The average Bonchev–Trinajstić information content (AvgIpc) is 2.75. The van der Waals surface area contributed by atoms with Crippen LogP contribution in [0, 0.1) is 50.7 Å². The Morgan fingerprint density at radius 1 is 1.06 bits per heavy atom. The molecule has 4 nitrogen and oxygen atoms in total. The van der Waals surface area contributed by atoms with E-state index in [4.69, 9.17) is 4.74 Å². The fraction of sp³-hybridized carbons (Fsp3) is 0.812. The molecule has 0 aromatic carbocycles. The molecule has 0 amide bonds. The predicted molar refractivity (Wildman–Crippen MR) is 142 cm³/mol. The SMILES string of the molecule is C=C1CC(C)(C)C[C@H]2C3=CC[C@@H]4[C@@]5(C)CC[C@H](OC(C)=O)[C@@H](C)[C@@H]5CC[C@@]4(C)[C@]3(C)CC[C@@]12C(=O)O. The van der Waals surface area contributed by atoms with Gasteiger partial charge in [0, 0.05) is 12.8 Å². The number of hydrogen-bond acceptors (Lipinski definition) is 3. The molecule has 5 rings (SSSR count). The highest BCUT2D eigenvalue weighted by atomic mass is 16.5. The van der Waals surface area contributed by atoms with Crippen LogP contribution in [0.25, 0.3) is 0 Å². The van der Waals surface area contributed by atoms with E-state index in [0.717, 1.165) is 50.5 Å². The number of ether oxygens (including phenoxy) is 1. The largest absolute Gasteiger partial charge is 0.481 e. The van der Waals surface area contributed by atoms with E-state index in [9.17, 15) is 14.7 Å². The van der Waals surface area contributed by atoms with E-state index in [0.29, 0.717) is 24.2 Å². The van der Waals surface area contributed by atoms with Crippen molar-refractivity contribution in [2.75, 3.05) is 0 Å². The van der Waals surface area contributed by atoms with Gasteiger partial charge in [0.1, 0.15) is 6.10 Å². The zero-order valence-electron chi connectivity index (χ0n) is 23.7. The second-order valence-electron chi connectivity index (χ2n) is 14.9. The molecule has 9 atom stereocenters. The summed E-state index contributed by atoms with van der Waals surface area (Å²) >= 11 is 0. The standard InChI is InChI=1S/C32H48O4/c1-19-17-28(4,5)18-24-23-9-10-26-29(6)13-12-25(36-21(3)33)20(2)22(29)11-14-31(26,8)30(23,7)15-16-32(19,24)27(34)35/h9,20,22,24-26H,1,10-18H2,2-8H3,(H,34,35)/t20-,22-,24-,25-,26+,29-,30+,31+,32+/m0/s1. The van der Waals surface area contributed by atoms with Crippen LogP contribution in [0.5, 0.6) is 0 Å². The first-order valence-corrected chi connectivity index (χ1v) is 14.4. The molecule has 0 aromatic rings. The smallest absolute Gasteiger partial charge is 0.314 e. The maximum Gasteiger partial charge on any atom is 0.314 e. The Hall–Kier alpha value is -1.58. The van der Waals surface area contributed by atoms with Gasteiger partial charge < -0.3 is 9.84 Å². The molecule has 1 N–H and O–H groups in total. The van der Waals surface area contributed by atoms with E-state index in [-0.39, 0.29) is 39.7 Å². The summed E-state index contributed by atoms with van der Waals surface area (Å²) in [6.07, 6.45) is 11.4. The minimum atomic E-state index is -0.804. The molecule has 0 aromatic heterocycles. The third-order valence-corrected chi connectivity index (χ3v) is 12.8.